The summed E-state index contributed by atoms with van der Waals surface area (Å²) in [5.74, 6) is 6.44. The Morgan fingerprint density at radius 3 is 2.85 bits per heavy atom. The van der Waals surface area contributed by atoms with Crippen molar-refractivity contribution in [2.75, 3.05) is 18.1 Å². The number of hydrogen-bond donors (Lipinski definition) is 1. The van der Waals surface area contributed by atoms with Crippen molar-refractivity contribution >= 4 is 11.6 Å². The van der Waals surface area contributed by atoms with Gasteiger partial charge in [0.1, 0.15) is 11.4 Å². The van der Waals surface area contributed by atoms with Crippen LogP contribution in [0.3, 0.4) is 0 Å². The minimum Gasteiger partial charge on any atom is -0.491 e. The van der Waals surface area contributed by atoms with Crippen molar-refractivity contribution in [3.05, 3.63) is 23.8 Å². The minimum absolute atomic E-state index is 0.0545. The Kier molecular flexibility index (Phi) is 4.01. The van der Waals surface area contributed by atoms with Crippen molar-refractivity contribution in [1.82, 2.24) is 0 Å². The fourth-order valence-electron chi connectivity index (χ4n) is 2.02. The number of anilines is 1. The third-order valence-electron chi connectivity index (χ3n) is 2.95. The molecule has 0 saturated heterocycles. The smallest absolute Gasteiger partial charge is 0.230 e. The molecule has 0 fully saturated rings. The summed E-state index contributed by atoms with van der Waals surface area (Å²) in [5.41, 5.74) is 0.462. The lowest BCUT2D eigenvalue weighted by Gasteiger charge is -2.20. The summed E-state index contributed by atoms with van der Waals surface area (Å²) in [4.78, 5) is 13.7. The van der Waals surface area contributed by atoms with Crippen molar-refractivity contribution < 1.29 is 14.6 Å². The maximum atomic E-state index is 12.0. The van der Waals surface area contributed by atoms with E-state index in [2.05, 4.69) is 11.8 Å². The number of amides is 1. The van der Waals surface area contributed by atoms with Crippen LogP contribution in [0.1, 0.15) is 32.8 Å². The second kappa shape index (κ2) is 5.56. The summed E-state index contributed by atoms with van der Waals surface area (Å²) in [7, 11) is 0. The Bertz CT molecular complexity index is 576. The van der Waals surface area contributed by atoms with Gasteiger partial charge in [0.25, 0.3) is 0 Å². The molecule has 1 aromatic carbocycles. The van der Waals surface area contributed by atoms with Crippen LogP contribution in [-0.4, -0.2) is 29.8 Å². The van der Waals surface area contributed by atoms with E-state index in [-0.39, 0.29) is 5.91 Å². The largest absolute Gasteiger partial charge is 0.491 e. The van der Waals surface area contributed by atoms with Gasteiger partial charge in [-0.1, -0.05) is 11.8 Å². The average molecular weight is 273 g/mol. The van der Waals surface area contributed by atoms with E-state index < -0.39 is 5.60 Å². The van der Waals surface area contributed by atoms with Gasteiger partial charge in [0.15, 0.2) is 0 Å². The van der Waals surface area contributed by atoms with Gasteiger partial charge in [0.2, 0.25) is 5.91 Å². The molecule has 1 aromatic rings. The molecule has 1 aliphatic rings. The number of fused-ring (bicyclic) bond motifs is 1. The predicted molar refractivity (Wildman–Crippen MR) is 77.8 cm³/mol. The van der Waals surface area contributed by atoms with Gasteiger partial charge in [0.05, 0.1) is 18.7 Å². The fraction of sp³-hybridized carbons (Fsp3) is 0.438. The first kappa shape index (κ1) is 14.4. The second-order valence-corrected chi connectivity index (χ2v) is 5.23. The topological polar surface area (TPSA) is 49.8 Å². The van der Waals surface area contributed by atoms with Crippen LogP contribution in [0.4, 0.5) is 5.69 Å². The Hall–Kier alpha value is -1.99. The molecule has 1 heterocycles. The van der Waals surface area contributed by atoms with Gasteiger partial charge >= 0.3 is 0 Å². The van der Waals surface area contributed by atoms with Crippen molar-refractivity contribution in [3.8, 4) is 17.6 Å². The highest BCUT2D eigenvalue weighted by Crippen LogP contribution is 2.32. The highest BCUT2D eigenvalue weighted by molar-refractivity contribution is 5.95. The van der Waals surface area contributed by atoms with Crippen LogP contribution in [0.5, 0.6) is 5.75 Å². The fourth-order valence-corrected chi connectivity index (χ4v) is 2.02. The molecule has 1 N–H and O–H groups in total. The quantitative estimate of drug-likeness (QED) is 0.796. The lowest BCUT2D eigenvalue weighted by Crippen LogP contribution is -2.29. The van der Waals surface area contributed by atoms with Crippen LogP contribution in [0.25, 0.3) is 0 Å². The monoisotopic (exact) mass is 273 g/mol. The van der Waals surface area contributed by atoms with Crippen LogP contribution in [0.15, 0.2) is 18.2 Å². The Morgan fingerprint density at radius 1 is 1.45 bits per heavy atom. The summed E-state index contributed by atoms with van der Waals surface area (Å²) >= 11 is 0. The first-order valence-electron chi connectivity index (χ1n) is 6.73. The molecular weight excluding hydrogens is 254 g/mol. The zero-order valence-electron chi connectivity index (χ0n) is 12.1. The maximum Gasteiger partial charge on any atom is 0.230 e. The van der Waals surface area contributed by atoms with E-state index in [0.717, 1.165) is 11.3 Å². The molecule has 0 aromatic heterocycles. The normalized spacial score (nSPS) is 14.8. The molecule has 0 radical (unpaired) electrons. The first-order valence-corrected chi connectivity index (χ1v) is 6.73. The van der Waals surface area contributed by atoms with E-state index in [4.69, 9.17) is 4.74 Å². The average Bonchev–Trinajstić information content (AvgIpc) is 2.53. The molecule has 0 aliphatic carbocycles. The molecule has 0 spiro atoms. The van der Waals surface area contributed by atoms with E-state index in [0.29, 0.717) is 25.3 Å². The van der Waals surface area contributed by atoms with Gasteiger partial charge in [-0.15, -0.1) is 0 Å². The molecule has 20 heavy (non-hydrogen) atoms. The van der Waals surface area contributed by atoms with Crippen LogP contribution in [-0.2, 0) is 4.79 Å². The number of aliphatic hydroxyl groups is 1. The van der Waals surface area contributed by atoms with Crippen LogP contribution >= 0.6 is 0 Å². The van der Waals surface area contributed by atoms with Gasteiger partial charge in [-0.3, -0.25) is 4.79 Å². The second-order valence-electron chi connectivity index (χ2n) is 5.23. The summed E-state index contributed by atoms with van der Waals surface area (Å²) in [6.45, 7) is 6.19. The molecule has 1 aliphatic heterocycles. The number of benzene rings is 1. The molecule has 0 unspecified atom stereocenters. The summed E-state index contributed by atoms with van der Waals surface area (Å²) in [6.07, 6.45) is 0.382. The van der Waals surface area contributed by atoms with Gasteiger partial charge in [-0.25, -0.2) is 0 Å². The standard InChI is InChI=1S/C16H19NO3/c1-4-17-13-11-12(7-9-16(2,3)19)5-6-14(13)20-10-8-15(17)18/h5-6,11,19H,4,8,10H2,1-3H3. The van der Waals surface area contributed by atoms with Gasteiger partial charge in [-0.2, -0.15) is 0 Å². The van der Waals surface area contributed by atoms with E-state index >= 15 is 0 Å². The van der Waals surface area contributed by atoms with E-state index in [1.165, 1.54) is 0 Å². The number of carbonyl (C=O) groups is 1. The molecule has 4 heteroatoms. The molecule has 4 nitrogen and oxygen atoms in total. The van der Waals surface area contributed by atoms with Gasteiger partial charge in [-0.05, 0) is 39.0 Å². The summed E-state index contributed by atoms with van der Waals surface area (Å²) in [6, 6.07) is 5.49. The minimum atomic E-state index is -1.04. The third-order valence-corrected chi connectivity index (χ3v) is 2.95. The van der Waals surface area contributed by atoms with Crippen LogP contribution in [0.2, 0.25) is 0 Å². The van der Waals surface area contributed by atoms with E-state index in [1.54, 1.807) is 18.7 Å². The number of rotatable bonds is 1. The Morgan fingerprint density at radius 2 is 2.20 bits per heavy atom. The zero-order valence-corrected chi connectivity index (χ0v) is 12.1. The predicted octanol–water partition coefficient (Wildman–Crippen LogP) is 1.94. The number of ether oxygens (including phenoxy) is 1. The SMILES string of the molecule is CCN1C(=O)CCOc2ccc(C#CC(C)(C)O)cc21. The van der Waals surface area contributed by atoms with Crippen LogP contribution in [0, 0.1) is 11.8 Å². The first-order chi connectivity index (χ1) is 9.40. The van der Waals surface area contributed by atoms with E-state index in [1.807, 2.05) is 25.1 Å². The molecule has 106 valence electrons. The van der Waals surface area contributed by atoms with Crippen molar-refractivity contribution in [1.29, 1.82) is 0 Å². The molecule has 1 amide bonds. The zero-order chi connectivity index (χ0) is 14.8. The molecule has 0 saturated carbocycles. The lowest BCUT2D eigenvalue weighted by molar-refractivity contribution is -0.118. The number of hydrogen-bond acceptors (Lipinski definition) is 3. The van der Waals surface area contributed by atoms with Crippen molar-refractivity contribution in [3.63, 3.8) is 0 Å². The van der Waals surface area contributed by atoms with Gasteiger partial charge in [0, 0.05) is 12.1 Å². The Balaban J connectivity index is 2.42. The maximum absolute atomic E-state index is 12.0. The van der Waals surface area contributed by atoms with Gasteiger partial charge < -0.3 is 14.7 Å². The summed E-state index contributed by atoms with van der Waals surface area (Å²) in [5, 5.41) is 9.64. The molecule has 0 atom stereocenters. The highest BCUT2D eigenvalue weighted by atomic mass is 16.5. The number of carbonyl (C=O) groups excluding carboxylic acids is 1. The van der Waals surface area contributed by atoms with E-state index in [9.17, 15) is 9.90 Å². The number of nitrogens with zero attached hydrogens (tertiary/aromatic N) is 1. The lowest BCUT2D eigenvalue weighted by atomic mass is 10.1. The summed E-state index contributed by atoms with van der Waals surface area (Å²) < 4.78 is 5.59. The highest BCUT2D eigenvalue weighted by Gasteiger charge is 2.22. The third kappa shape index (κ3) is 3.31. The molecule has 2 rings (SSSR count). The van der Waals surface area contributed by atoms with Crippen LogP contribution < -0.4 is 9.64 Å². The Labute approximate surface area is 119 Å². The molecular formula is C16H19NO3. The molecule has 0 bridgehead atoms. The van der Waals surface area contributed by atoms with Crippen molar-refractivity contribution in [2.45, 2.75) is 32.8 Å². The van der Waals surface area contributed by atoms with Crippen molar-refractivity contribution in [2.24, 2.45) is 0 Å².